The molecule has 17 heavy (non-hydrogen) atoms. The smallest absolute Gasteiger partial charge is 0.144 e. The lowest BCUT2D eigenvalue weighted by Crippen LogP contribution is -2.22. The first-order chi connectivity index (χ1) is 8.24. The van der Waals surface area contributed by atoms with Crippen LogP contribution in [0.4, 0.5) is 0 Å². The van der Waals surface area contributed by atoms with Crippen LogP contribution < -0.4 is 10.5 Å². The minimum absolute atomic E-state index is 0.269. The Labute approximate surface area is 102 Å². The van der Waals surface area contributed by atoms with Crippen molar-refractivity contribution in [2.24, 2.45) is 5.73 Å². The van der Waals surface area contributed by atoms with E-state index in [1.54, 1.807) is 0 Å². The summed E-state index contributed by atoms with van der Waals surface area (Å²) in [4.78, 5) is 0. The molecular formula is C15H17NO. The molecule has 2 aromatic rings. The fourth-order valence-corrected chi connectivity index (χ4v) is 1.73. The van der Waals surface area contributed by atoms with Crippen LogP contribution >= 0.6 is 0 Å². The van der Waals surface area contributed by atoms with E-state index in [4.69, 9.17) is 10.5 Å². The van der Waals surface area contributed by atoms with Gasteiger partial charge in [-0.3, -0.25) is 5.73 Å². The second-order valence-corrected chi connectivity index (χ2v) is 4.13. The maximum absolute atomic E-state index is 5.56. The Morgan fingerprint density at radius 1 is 0.941 bits per heavy atom. The van der Waals surface area contributed by atoms with Crippen molar-refractivity contribution < 1.29 is 4.74 Å². The van der Waals surface area contributed by atoms with Gasteiger partial charge in [-0.1, -0.05) is 42.5 Å². The number of nitrogens with two attached hydrogens (primary N) is 1. The molecule has 2 nitrogen and oxygen atoms in total. The molecule has 0 aliphatic heterocycles. The highest BCUT2D eigenvalue weighted by atomic mass is 16.5. The summed E-state index contributed by atoms with van der Waals surface area (Å²) < 4.78 is 5.40. The molecule has 2 aromatic carbocycles. The third kappa shape index (κ3) is 3.61. The van der Waals surface area contributed by atoms with Gasteiger partial charge in [0, 0.05) is 0 Å². The second-order valence-electron chi connectivity index (χ2n) is 4.13. The van der Waals surface area contributed by atoms with Gasteiger partial charge in [-0.05, 0) is 36.6 Å². The lowest BCUT2D eigenvalue weighted by Gasteiger charge is -2.10. The summed E-state index contributed by atoms with van der Waals surface area (Å²) in [6.45, 7) is 1.82. The third-order valence-corrected chi connectivity index (χ3v) is 2.50. The first-order valence-corrected chi connectivity index (χ1v) is 5.79. The van der Waals surface area contributed by atoms with Crippen molar-refractivity contribution in [3.05, 3.63) is 65.7 Å². The van der Waals surface area contributed by atoms with Gasteiger partial charge >= 0.3 is 0 Å². The van der Waals surface area contributed by atoms with E-state index in [9.17, 15) is 0 Å². The zero-order chi connectivity index (χ0) is 12.1. The first kappa shape index (κ1) is 11.7. The zero-order valence-corrected chi connectivity index (χ0v) is 9.97. The minimum Gasteiger partial charge on any atom is -0.476 e. The van der Waals surface area contributed by atoms with Crippen molar-refractivity contribution >= 4 is 0 Å². The predicted molar refractivity (Wildman–Crippen MR) is 70.0 cm³/mol. The molecular weight excluding hydrogens is 210 g/mol. The Balaban J connectivity index is 2.03. The van der Waals surface area contributed by atoms with Gasteiger partial charge in [0.25, 0.3) is 0 Å². The molecule has 0 spiro atoms. The van der Waals surface area contributed by atoms with Crippen LogP contribution in [0.15, 0.2) is 54.6 Å². The molecule has 0 fully saturated rings. The zero-order valence-electron chi connectivity index (χ0n) is 9.97. The largest absolute Gasteiger partial charge is 0.476 e. The van der Waals surface area contributed by atoms with E-state index in [2.05, 4.69) is 36.4 Å². The average Bonchev–Trinajstić information content (AvgIpc) is 2.32. The van der Waals surface area contributed by atoms with Crippen molar-refractivity contribution in [2.75, 3.05) is 0 Å². The summed E-state index contributed by atoms with van der Waals surface area (Å²) in [7, 11) is 0. The molecule has 2 rings (SSSR count). The third-order valence-electron chi connectivity index (χ3n) is 2.50. The summed E-state index contributed by atoms with van der Waals surface area (Å²) in [6.07, 6.45) is 0.675. The normalized spacial score (nSPS) is 12.1. The van der Waals surface area contributed by atoms with Crippen molar-refractivity contribution in [1.29, 1.82) is 0 Å². The van der Waals surface area contributed by atoms with Gasteiger partial charge in [-0.25, -0.2) is 0 Å². The Bertz CT molecular complexity index is 448. The SMILES string of the molecule is CC(N)Oc1ccc(Cc2ccccc2)cc1. The maximum Gasteiger partial charge on any atom is 0.144 e. The van der Waals surface area contributed by atoms with Crippen LogP contribution in [0.5, 0.6) is 5.75 Å². The number of hydrogen-bond acceptors (Lipinski definition) is 2. The standard InChI is InChI=1S/C15H17NO/c1-12(16)17-15-9-7-14(8-10-15)11-13-5-3-2-4-6-13/h2-10,12H,11,16H2,1H3. The van der Waals surface area contributed by atoms with Gasteiger partial charge in [0.2, 0.25) is 0 Å². The van der Waals surface area contributed by atoms with E-state index in [1.807, 2.05) is 25.1 Å². The van der Waals surface area contributed by atoms with E-state index in [0.29, 0.717) is 0 Å². The van der Waals surface area contributed by atoms with Gasteiger partial charge in [-0.2, -0.15) is 0 Å². The highest BCUT2D eigenvalue weighted by molar-refractivity contribution is 5.31. The van der Waals surface area contributed by atoms with Crippen molar-refractivity contribution in [3.8, 4) is 5.75 Å². The summed E-state index contributed by atoms with van der Waals surface area (Å²) >= 11 is 0. The Kier molecular flexibility index (Phi) is 3.78. The van der Waals surface area contributed by atoms with Gasteiger partial charge in [-0.15, -0.1) is 0 Å². The molecule has 0 amide bonds. The number of rotatable bonds is 4. The molecule has 0 radical (unpaired) electrons. The average molecular weight is 227 g/mol. The monoisotopic (exact) mass is 227 g/mol. The van der Waals surface area contributed by atoms with Gasteiger partial charge in [0.05, 0.1) is 0 Å². The first-order valence-electron chi connectivity index (χ1n) is 5.79. The second kappa shape index (κ2) is 5.51. The fraction of sp³-hybridized carbons (Fsp3) is 0.200. The number of benzene rings is 2. The van der Waals surface area contributed by atoms with Crippen molar-refractivity contribution in [2.45, 2.75) is 19.6 Å². The van der Waals surface area contributed by atoms with Crippen LogP contribution in [-0.4, -0.2) is 6.23 Å². The molecule has 88 valence electrons. The van der Waals surface area contributed by atoms with Gasteiger partial charge in [0.1, 0.15) is 12.0 Å². The molecule has 1 atom stereocenters. The molecule has 0 aromatic heterocycles. The van der Waals surface area contributed by atoms with Crippen LogP contribution in [0.2, 0.25) is 0 Å². The van der Waals surface area contributed by atoms with E-state index >= 15 is 0 Å². The molecule has 0 heterocycles. The lowest BCUT2D eigenvalue weighted by molar-refractivity contribution is 0.230. The molecule has 1 unspecified atom stereocenters. The molecule has 0 saturated carbocycles. The Morgan fingerprint density at radius 3 is 2.12 bits per heavy atom. The summed E-state index contributed by atoms with van der Waals surface area (Å²) in [5, 5.41) is 0. The quantitative estimate of drug-likeness (QED) is 0.815. The maximum atomic E-state index is 5.56. The van der Waals surface area contributed by atoms with E-state index in [1.165, 1.54) is 11.1 Å². The van der Waals surface area contributed by atoms with E-state index in [-0.39, 0.29) is 6.23 Å². The Hall–Kier alpha value is -1.80. The van der Waals surface area contributed by atoms with Crippen LogP contribution in [-0.2, 0) is 6.42 Å². The predicted octanol–water partition coefficient (Wildman–Crippen LogP) is 2.96. The van der Waals surface area contributed by atoms with Crippen LogP contribution in [0, 0.1) is 0 Å². The molecule has 2 N–H and O–H groups in total. The van der Waals surface area contributed by atoms with E-state index in [0.717, 1.165) is 12.2 Å². The topological polar surface area (TPSA) is 35.2 Å². The minimum atomic E-state index is -0.269. The summed E-state index contributed by atoms with van der Waals surface area (Å²) in [6, 6.07) is 18.5. The molecule has 0 saturated heterocycles. The number of hydrogen-bond donors (Lipinski definition) is 1. The van der Waals surface area contributed by atoms with Crippen molar-refractivity contribution in [1.82, 2.24) is 0 Å². The number of ether oxygens (including phenoxy) is 1. The molecule has 0 aliphatic carbocycles. The van der Waals surface area contributed by atoms with Gasteiger partial charge in [0.15, 0.2) is 0 Å². The van der Waals surface area contributed by atoms with Crippen LogP contribution in [0.1, 0.15) is 18.1 Å². The highest BCUT2D eigenvalue weighted by Gasteiger charge is 1.99. The van der Waals surface area contributed by atoms with E-state index < -0.39 is 0 Å². The fourth-order valence-electron chi connectivity index (χ4n) is 1.73. The molecule has 2 heteroatoms. The lowest BCUT2D eigenvalue weighted by atomic mass is 10.1. The summed E-state index contributed by atoms with van der Waals surface area (Å²) in [5.74, 6) is 0.816. The summed E-state index contributed by atoms with van der Waals surface area (Å²) in [5.41, 5.74) is 8.15. The van der Waals surface area contributed by atoms with Crippen molar-refractivity contribution in [3.63, 3.8) is 0 Å². The molecule has 0 bridgehead atoms. The van der Waals surface area contributed by atoms with Crippen LogP contribution in [0.3, 0.4) is 0 Å². The van der Waals surface area contributed by atoms with Crippen LogP contribution in [0.25, 0.3) is 0 Å². The van der Waals surface area contributed by atoms with Gasteiger partial charge < -0.3 is 4.74 Å². The molecule has 0 aliphatic rings. The Morgan fingerprint density at radius 2 is 1.53 bits per heavy atom. The highest BCUT2D eigenvalue weighted by Crippen LogP contribution is 2.15.